The van der Waals surface area contributed by atoms with Crippen molar-refractivity contribution in [3.05, 3.63) is 58.0 Å². The number of esters is 1. The van der Waals surface area contributed by atoms with E-state index in [9.17, 15) is 14.4 Å². The average molecular weight is 385 g/mol. The highest BCUT2D eigenvalue weighted by molar-refractivity contribution is 6.35. The van der Waals surface area contributed by atoms with Gasteiger partial charge in [0.1, 0.15) is 6.54 Å². The predicted octanol–water partition coefficient (Wildman–Crippen LogP) is 2.18. The molecule has 1 aromatic heterocycles. The summed E-state index contributed by atoms with van der Waals surface area (Å²) in [5, 5.41) is 5.78. The molecule has 0 bridgehead atoms. The molecule has 9 heteroatoms. The Morgan fingerprint density at radius 2 is 1.92 bits per heavy atom. The molecule has 1 aromatic carbocycles. The first-order valence-corrected chi connectivity index (χ1v) is 7.89. The van der Waals surface area contributed by atoms with E-state index in [0.717, 1.165) is 0 Å². The molecule has 25 heavy (non-hydrogen) atoms. The lowest BCUT2D eigenvalue weighted by molar-refractivity contribution is -0.147. The van der Waals surface area contributed by atoms with E-state index in [1.807, 2.05) is 0 Å². The molecule has 2 N–H and O–H groups in total. The smallest absolute Gasteiger partial charge is 0.325 e. The van der Waals surface area contributed by atoms with Crippen molar-refractivity contribution in [2.45, 2.75) is 6.54 Å². The minimum atomic E-state index is -0.750. The largest absolute Gasteiger partial charge is 0.459 e. The summed E-state index contributed by atoms with van der Waals surface area (Å²) in [6.07, 6.45) is 1.34. The summed E-state index contributed by atoms with van der Waals surface area (Å²) >= 11 is 11.8. The lowest BCUT2D eigenvalue weighted by Crippen LogP contribution is -2.33. The molecule has 0 saturated heterocycles. The molecule has 0 aliphatic rings. The molecule has 1 heterocycles. The molecule has 0 spiro atoms. The third-order valence-electron chi connectivity index (χ3n) is 2.99. The van der Waals surface area contributed by atoms with Gasteiger partial charge in [-0.25, -0.2) is 0 Å². The first-order chi connectivity index (χ1) is 12.0. The Morgan fingerprint density at radius 1 is 1.12 bits per heavy atom. The highest BCUT2D eigenvalue weighted by atomic mass is 35.5. The van der Waals surface area contributed by atoms with Crippen LogP contribution >= 0.6 is 23.2 Å². The van der Waals surface area contributed by atoms with Crippen LogP contribution in [0.2, 0.25) is 10.0 Å². The summed E-state index contributed by atoms with van der Waals surface area (Å²) in [7, 11) is 0. The quantitative estimate of drug-likeness (QED) is 0.712. The van der Waals surface area contributed by atoms with Gasteiger partial charge < -0.3 is 19.8 Å². The van der Waals surface area contributed by atoms with Crippen molar-refractivity contribution >= 4 is 41.0 Å². The van der Waals surface area contributed by atoms with Crippen LogP contribution in [-0.2, 0) is 20.9 Å². The van der Waals surface area contributed by atoms with Gasteiger partial charge in [-0.1, -0.05) is 29.3 Å². The van der Waals surface area contributed by atoms with Crippen molar-refractivity contribution in [1.82, 2.24) is 10.6 Å². The first kappa shape index (κ1) is 18.8. The number of nitrogens with one attached hydrogen (secondary N) is 2. The van der Waals surface area contributed by atoms with E-state index in [0.29, 0.717) is 15.6 Å². The Morgan fingerprint density at radius 3 is 2.60 bits per heavy atom. The molecule has 2 rings (SSSR count). The highest BCUT2D eigenvalue weighted by Crippen LogP contribution is 2.20. The lowest BCUT2D eigenvalue weighted by Gasteiger charge is -2.08. The Balaban J connectivity index is 1.67. The molecule has 132 valence electrons. The van der Waals surface area contributed by atoms with E-state index < -0.39 is 24.4 Å². The molecule has 2 amide bonds. The maximum absolute atomic E-state index is 11.7. The summed E-state index contributed by atoms with van der Waals surface area (Å²) < 4.78 is 9.63. The fraction of sp³-hybridized carbons (Fsp3) is 0.188. The van der Waals surface area contributed by atoms with Crippen LogP contribution in [0.4, 0.5) is 0 Å². The Bertz CT molecular complexity index is 762. The zero-order chi connectivity index (χ0) is 18.2. The molecule has 2 aromatic rings. The van der Waals surface area contributed by atoms with E-state index in [2.05, 4.69) is 10.6 Å². The molecular formula is C16H14Cl2N2O5. The molecule has 0 saturated carbocycles. The van der Waals surface area contributed by atoms with Gasteiger partial charge in [-0.15, -0.1) is 0 Å². The van der Waals surface area contributed by atoms with Crippen LogP contribution in [0.15, 0.2) is 41.0 Å². The summed E-state index contributed by atoms with van der Waals surface area (Å²) in [6, 6.07) is 7.89. The average Bonchev–Trinajstić information content (AvgIpc) is 3.11. The third-order valence-corrected chi connectivity index (χ3v) is 3.58. The van der Waals surface area contributed by atoms with Gasteiger partial charge >= 0.3 is 5.97 Å². The van der Waals surface area contributed by atoms with Crippen LogP contribution in [0.1, 0.15) is 16.1 Å². The number of furan rings is 1. The number of carbonyl (C=O) groups is 3. The highest BCUT2D eigenvalue weighted by Gasteiger charge is 2.12. The van der Waals surface area contributed by atoms with Crippen molar-refractivity contribution in [3.63, 3.8) is 0 Å². The van der Waals surface area contributed by atoms with Gasteiger partial charge in [0.05, 0.1) is 6.26 Å². The van der Waals surface area contributed by atoms with Gasteiger partial charge in [0.15, 0.2) is 12.4 Å². The minimum Gasteiger partial charge on any atom is -0.459 e. The van der Waals surface area contributed by atoms with Crippen molar-refractivity contribution in [1.29, 1.82) is 0 Å². The number of carbonyl (C=O) groups excluding carboxylic acids is 3. The van der Waals surface area contributed by atoms with E-state index in [4.69, 9.17) is 32.4 Å². The SMILES string of the molecule is O=C(COC(=O)CNC(=O)c1ccco1)NCc1ccc(Cl)cc1Cl. The molecule has 0 radical (unpaired) electrons. The van der Waals surface area contributed by atoms with Gasteiger partial charge in [-0.05, 0) is 29.8 Å². The van der Waals surface area contributed by atoms with E-state index in [1.54, 1.807) is 24.3 Å². The summed E-state index contributed by atoms with van der Waals surface area (Å²) in [4.78, 5) is 34.7. The Hall–Kier alpha value is -2.51. The van der Waals surface area contributed by atoms with Gasteiger partial charge in [0, 0.05) is 16.6 Å². The minimum absolute atomic E-state index is 0.0744. The van der Waals surface area contributed by atoms with E-state index >= 15 is 0 Å². The van der Waals surface area contributed by atoms with Gasteiger partial charge in [-0.2, -0.15) is 0 Å². The number of benzene rings is 1. The van der Waals surface area contributed by atoms with Crippen molar-refractivity contribution in [3.8, 4) is 0 Å². The van der Waals surface area contributed by atoms with Crippen LogP contribution in [0.5, 0.6) is 0 Å². The molecule has 0 fully saturated rings. The Kier molecular flexibility index (Phi) is 6.85. The van der Waals surface area contributed by atoms with Crippen molar-refractivity contribution < 1.29 is 23.5 Å². The molecule has 0 unspecified atom stereocenters. The molecule has 0 aliphatic heterocycles. The predicted molar refractivity (Wildman–Crippen MR) is 90.3 cm³/mol. The number of halogens is 2. The van der Waals surface area contributed by atoms with Crippen molar-refractivity contribution in [2.75, 3.05) is 13.2 Å². The zero-order valence-electron chi connectivity index (χ0n) is 12.9. The van der Waals surface area contributed by atoms with Crippen molar-refractivity contribution in [2.24, 2.45) is 0 Å². The normalized spacial score (nSPS) is 10.2. The number of hydrogen-bond acceptors (Lipinski definition) is 5. The molecule has 0 atom stereocenters. The van der Waals surface area contributed by atoms with E-state index in [-0.39, 0.29) is 18.8 Å². The maximum Gasteiger partial charge on any atom is 0.325 e. The second kappa shape index (κ2) is 9.10. The summed E-state index contributed by atoms with van der Waals surface area (Å²) in [5.41, 5.74) is 0.677. The van der Waals surface area contributed by atoms with Gasteiger partial charge in [0.2, 0.25) is 0 Å². The zero-order valence-corrected chi connectivity index (χ0v) is 14.4. The maximum atomic E-state index is 11.7. The van der Waals surface area contributed by atoms with Crippen LogP contribution in [0.25, 0.3) is 0 Å². The number of rotatable bonds is 7. The third kappa shape index (κ3) is 6.13. The van der Waals surface area contributed by atoms with Crippen LogP contribution in [-0.4, -0.2) is 30.9 Å². The molecule has 0 aliphatic carbocycles. The standard InChI is InChI=1S/C16H14Cl2N2O5/c17-11-4-3-10(12(18)6-11)7-19-14(21)9-25-15(22)8-20-16(23)13-2-1-5-24-13/h1-6H,7-9H2,(H,19,21)(H,20,23). The lowest BCUT2D eigenvalue weighted by atomic mass is 10.2. The Labute approximate surface area is 153 Å². The molecular weight excluding hydrogens is 371 g/mol. The second-order valence-corrected chi connectivity index (χ2v) is 5.68. The van der Waals surface area contributed by atoms with E-state index in [1.165, 1.54) is 12.3 Å². The monoisotopic (exact) mass is 384 g/mol. The van der Waals surface area contributed by atoms with Gasteiger partial charge in [0.25, 0.3) is 11.8 Å². The van der Waals surface area contributed by atoms with Crippen LogP contribution in [0.3, 0.4) is 0 Å². The topological polar surface area (TPSA) is 97.6 Å². The summed E-state index contributed by atoms with van der Waals surface area (Å²) in [5.74, 6) is -1.73. The fourth-order valence-electron chi connectivity index (χ4n) is 1.75. The van der Waals surface area contributed by atoms with Gasteiger partial charge in [-0.3, -0.25) is 14.4 Å². The number of ether oxygens (including phenoxy) is 1. The first-order valence-electron chi connectivity index (χ1n) is 7.13. The number of hydrogen-bond donors (Lipinski definition) is 2. The summed E-state index contributed by atoms with van der Waals surface area (Å²) in [6.45, 7) is -0.682. The van der Waals surface area contributed by atoms with Crippen LogP contribution in [0, 0.1) is 0 Å². The molecule has 7 nitrogen and oxygen atoms in total. The number of amides is 2. The second-order valence-electron chi connectivity index (χ2n) is 4.83. The van der Waals surface area contributed by atoms with Crippen LogP contribution < -0.4 is 10.6 Å². The fourth-order valence-corrected chi connectivity index (χ4v) is 2.23.